The van der Waals surface area contributed by atoms with Crippen LogP contribution in [-0.4, -0.2) is 6.04 Å². The summed E-state index contributed by atoms with van der Waals surface area (Å²) < 4.78 is 27.9. The zero-order valence-corrected chi connectivity index (χ0v) is 12.5. The summed E-state index contributed by atoms with van der Waals surface area (Å²) in [6.07, 6.45) is 6.69. The molecular weight excluding hydrogens is 268 g/mol. The molecule has 114 valence electrons. The monoisotopic (exact) mass is 291 g/mol. The first-order valence-corrected chi connectivity index (χ1v) is 8.31. The normalized spacial score (nSPS) is 38.7. The smallest absolute Gasteiger partial charge is 0.130 e. The summed E-state index contributed by atoms with van der Waals surface area (Å²) in [4.78, 5) is 0. The highest BCUT2D eigenvalue weighted by Gasteiger charge is 2.48. The Morgan fingerprint density at radius 2 is 1.48 bits per heavy atom. The molecule has 1 aromatic carbocycles. The van der Waals surface area contributed by atoms with Crippen molar-refractivity contribution in [3.63, 3.8) is 0 Å². The van der Waals surface area contributed by atoms with E-state index < -0.39 is 11.6 Å². The van der Waals surface area contributed by atoms with Crippen LogP contribution in [0.5, 0.6) is 0 Å². The predicted molar refractivity (Wildman–Crippen MR) is 78.7 cm³/mol. The summed E-state index contributed by atoms with van der Waals surface area (Å²) in [7, 11) is 0. The van der Waals surface area contributed by atoms with E-state index in [9.17, 15) is 8.78 Å². The van der Waals surface area contributed by atoms with Crippen LogP contribution in [0.4, 0.5) is 8.78 Å². The van der Waals surface area contributed by atoms with Gasteiger partial charge in [0.2, 0.25) is 0 Å². The first-order valence-electron chi connectivity index (χ1n) is 8.31. The van der Waals surface area contributed by atoms with Crippen molar-refractivity contribution in [2.75, 3.05) is 0 Å². The maximum atomic E-state index is 13.9. The SMILES string of the molecule is CC(NC1C2CC3CC(C2)CC1C3)c1c(F)cccc1F. The Kier molecular flexibility index (Phi) is 3.29. The highest BCUT2D eigenvalue weighted by molar-refractivity contribution is 5.23. The van der Waals surface area contributed by atoms with Crippen molar-refractivity contribution in [1.82, 2.24) is 5.32 Å². The van der Waals surface area contributed by atoms with Gasteiger partial charge in [0.25, 0.3) is 0 Å². The second-order valence-electron chi connectivity index (χ2n) is 7.48. The van der Waals surface area contributed by atoms with Crippen LogP contribution in [0.25, 0.3) is 0 Å². The van der Waals surface area contributed by atoms with Gasteiger partial charge in [0.1, 0.15) is 11.6 Å². The molecule has 0 aromatic heterocycles. The minimum Gasteiger partial charge on any atom is -0.307 e. The van der Waals surface area contributed by atoms with E-state index in [1.807, 2.05) is 6.92 Å². The van der Waals surface area contributed by atoms with Crippen LogP contribution < -0.4 is 5.32 Å². The van der Waals surface area contributed by atoms with Gasteiger partial charge in [-0.2, -0.15) is 0 Å². The summed E-state index contributed by atoms with van der Waals surface area (Å²) in [5.41, 5.74) is 0.200. The molecule has 1 aromatic rings. The molecule has 1 unspecified atom stereocenters. The van der Waals surface area contributed by atoms with Gasteiger partial charge in [-0.05, 0) is 74.8 Å². The minimum atomic E-state index is -0.432. The van der Waals surface area contributed by atoms with Crippen LogP contribution in [0.15, 0.2) is 18.2 Å². The van der Waals surface area contributed by atoms with Crippen LogP contribution in [0.3, 0.4) is 0 Å². The van der Waals surface area contributed by atoms with Crippen LogP contribution >= 0.6 is 0 Å². The lowest BCUT2D eigenvalue weighted by molar-refractivity contribution is -0.0173. The second-order valence-corrected chi connectivity index (χ2v) is 7.48. The summed E-state index contributed by atoms with van der Waals surface area (Å²) in [6.45, 7) is 1.90. The highest BCUT2D eigenvalue weighted by Crippen LogP contribution is 2.54. The maximum Gasteiger partial charge on any atom is 0.130 e. The van der Waals surface area contributed by atoms with E-state index >= 15 is 0 Å². The van der Waals surface area contributed by atoms with Crippen molar-refractivity contribution >= 4 is 0 Å². The van der Waals surface area contributed by atoms with E-state index in [0.717, 1.165) is 23.7 Å². The number of hydrogen-bond donors (Lipinski definition) is 1. The Balaban J connectivity index is 1.53. The van der Waals surface area contributed by atoms with Crippen LogP contribution in [0, 0.1) is 35.3 Å². The number of benzene rings is 1. The topological polar surface area (TPSA) is 12.0 Å². The average Bonchev–Trinajstić information content (AvgIpc) is 2.42. The van der Waals surface area contributed by atoms with Gasteiger partial charge >= 0.3 is 0 Å². The van der Waals surface area contributed by atoms with E-state index in [2.05, 4.69) is 5.32 Å². The molecule has 0 heterocycles. The molecule has 0 radical (unpaired) electrons. The average molecular weight is 291 g/mol. The first kappa shape index (κ1) is 13.7. The minimum absolute atomic E-state index is 0.200. The maximum absolute atomic E-state index is 13.9. The molecule has 4 bridgehead atoms. The number of halogens is 2. The van der Waals surface area contributed by atoms with E-state index in [1.165, 1.54) is 50.3 Å². The van der Waals surface area contributed by atoms with Crippen molar-refractivity contribution in [3.05, 3.63) is 35.4 Å². The Hall–Kier alpha value is -0.960. The number of nitrogens with one attached hydrogen (secondary N) is 1. The van der Waals surface area contributed by atoms with Crippen LogP contribution in [0.1, 0.15) is 50.6 Å². The zero-order chi connectivity index (χ0) is 14.6. The Bertz CT molecular complexity index is 494. The van der Waals surface area contributed by atoms with Crippen molar-refractivity contribution in [2.45, 2.75) is 51.1 Å². The molecule has 0 amide bonds. The Labute approximate surface area is 125 Å². The number of rotatable bonds is 3. The van der Waals surface area contributed by atoms with Crippen molar-refractivity contribution in [1.29, 1.82) is 0 Å². The molecule has 0 saturated heterocycles. The summed E-state index contributed by atoms with van der Waals surface area (Å²) in [6, 6.07) is 4.34. The molecule has 0 aliphatic heterocycles. The third kappa shape index (κ3) is 2.30. The Morgan fingerprint density at radius 3 is 2.00 bits per heavy atom. The number of hydrogen-bond acceptors (Lipinski definition) is 1. The quantitative estimate of drug-likeness (QED) is 0.868. The molecule has 4 aliphatic rings. The van der Waals surface area contributed by atoms with Crippen molar-refractivity contribution < 1.29 is 8.78 Å². The molecule has 0 spiro atoms. The highest BCUT2D eigenvalue weighted by atomic mass is 19.1. The molecule has 1 nitrogen and oxygen atoms in total. The fraction of sp³-hybridized carbons (Fsp3) is 0.667. The standard InChI is InChI=1S/C18H23F2N/c1-10(17-15(19)3-2-4-16(17)20)21-18-13-6-11-5-12(8-13)9-14(18)7-11/h2-4,10-14,18,21H,5-9H2,1H3. The van der Waals surface area contributed by atoms with Crippen LogP contribution in [0.2, 0.25) is 0 Å². The third-order valence-electron chi connectivity index (χ3n) is 6.10. The summed E-state index contributed by atoms with van der Waals surface area (Å²) in [5, 5.41) is 3.58. The van der Waals surface area contributed by atoms with Crippen LogP contribution in [-0.2, 0) is 0 Å². The molecule has 1 N–H and O–H groups in total. The lowest BCUT2D eigenvalue weighted by atomic mass is 9.54. The van der Waals surface area contributed by atoms with Crippen molar-refractivity contribution in [3.8, 4) is 0 Å². The summed E-state index contributed by atoms with van der Waals surface area (Å²) in [5.74, 6) is 2.42. The fourth-order valence-electron chi connectivity index (χ4n) is 5.49. The molecular formula is C18H23F2N. The van der Waals surface area contributed by atoms with E-state index in [1.54, 1.807) is 0 Å². The Morgan fingerprint density at radius 1 is 0.952 bits per heavy atom. The van der Waals surface area contributed by atoms with Gasteiger partial charge < -0.3 is 5.32 Å². The van der Waals surface area contributed by atoms with Gasteiger partial charge in [-0.15, -0.1) is 0 Å². The van der Waals surface area contributed by atoms with Crippen molar-refractivity contribution in [2.24, 2.45) is 23.7 Å². The van der Waals surface area contributed by atoms with E-state index in [-0.39, 0.29) is 11.6 Å². The predicted octanol–water partition coefficient (Wildman–Crippen LogP) is 4.44. The fourth-order valence-corrected chi connectivity index (χ4v) is 5.49. The molecule has 3 heteroatoms. The van der Waals surface area contributed by atoms with E-state index in [0.29, 0.717) is 6.04 Å². The summed E-state index contributed by atoms with van der Waals surface area (Å²) >= 11 is 0. The van der Waals surface area contributed by atoms with Gasteiger partial charge in [-0.25, -0.2) is 8.78 Å². The van der Waals surface area contributed by atoms with Gasteiger partial charge in [-0.1, -0.05) is 6.07 Å². The van der Waals surface area contributed by atoms with E-state index in [4.69, 9.17) is 0 Å². The van der Waals surface area contributed by atoms with Gasteiger partial charge in [-0.3, -0.25) is 0 Å². The molecule has 21 heavy (non-hydrogen) atoms. The van der Waals surface area contributed by atoms with Gasteiger partial charge in [0.05, 0.1) is 0 Å². The largest absolute Gasteiger partial charge is 0.307 e. The first-order chi connectivity index (χ1) is 10.1. The molecule has 5 rings (SSSR count). The second kappa shape index (κ2) is 5.05. The van der Waals surface area contributed by atoms with Gasteiger partial charge in [0.15, 0.2) is 0 Å². The third-order valence-corrected chi connectivity index (χ3v) is 6.10. The zero-order valence-electron chi connectivity index (χ0n) is 12.5. The molecule has 1 atom stereocenters. The molecule has 4 saturated carbocycles. The lowest BCUT2D eigenvalue weighted by Gasteiger charge is -2.55. The lowest BCUT2D eigenvalue weighted by Crippen LogP contribution is -2.55. The molecule has 4 aliphatic carbocycles. The molecule has 4 fully saturated rings. The van der Waals surface area contributed by atoms with Gasteiger partial charge in [0, 0.05) is 17.6 Å².